The van der Waals surface area contributed by atoms with Gasteiger partial charge < -0.3 is 9.80 Å². The highest BCUT2D eigenvalue weighted by atomic mass is 79.9. The molecule has 0 aliphatic carbocycles. The number of anilines is 1. The molecule has 0 bridgehead atoms. The van der Waals surface area contributed by atoms with Crippen molar-refractivity contribution in [1.82, 2.24) is 5.43 Å². The lowest BCUT2D eigenvalue weighted by atomic mass is 10.2. The van der Waals surface area contributed by atoms with Gasteiger partial charge in [0.15, 0.2) is 0 Å². The first-order valence-electron chi connectivity index (χ1n) is 8.92. The molecule has 0 spiro atoms. The van der Waals surface area contributed by atoms with Crippen LogP contribution < -0.4 is 15.2 Å². The quantitative estimate of drug-likeness (QED) is 0.557. The summed E-state index contributed by atoms with van der Waals surface area (Å²) in [5.41, 5.74) is 4.85. The van der Waals surface area contributed by atoms with Crippen molar-refractivity contribution in [2.45, 2.75) is 6.42 Å². The van der Waals surface area contributed by atoms with Gasteiger partial charge in [0, 0.05) is 10.2 Å². The minimum Gasteiger partial charge on any atom is -0.360 e. The Balaban J connectivity index is 1.35. The van der Waals surface area contributed by atoms with Gasteiger partial charge in [0.25, 0.3) is 0 Å². The summed E-state index contributed by atoms with van der Waals surface area (Å²) in [6, 6.07) is 18.3. The molecule has 0 atom stereocenters. The largest absolute Gasteiger partial charge is 0.360 e. The summed E-state index contributed by atoms with van der Waals surface area (Å²) in [7, 11) is 0. The Hall–Kier alpha value is -2.18. The average molecular weight is 416 g/mol. The molecular formula is C20H24BrN4O+. The van der Waals surface area contributed by atoms with Gasteiger partial charge in [0.2, 0.25) is 5.91 Å². The lowest BCUT2D eigenvalue weighted by Crippen LogP contribution is -3.15. The topological polar surface area (TPSA) is 49.1 Å². The predicted octanol–water partition coefficient (Wildman–Crippen LogP) is 1.69. The van der Waals surface area contributed by atoms with Crippen LogP contribution in [0.2, 0.25) is 0 Å². The minimum atomic E-state index is -0.0312. The summed E-state index contributed by atoms with van der Waals surface area (Å²) in [5.74, 6) is -0.0312. The summed E-state index contributed by atoms with van der Waals surface area (Å²) in [6.07, 6.45) is 2.16. The van der Waals surface area contributed by atoms with Crippen LogP contribution in [0.4, 0.5) is 5.69 Å². The number of amides is 1. The summed E-state index contributed by atoms with van der Waals surface area (Å²) >= 11 is 3.39. The number of rotatable bonds is 6. The maximum Gasteiger partial charge on any atom is 0.245 e. The Morgan fingerprint density at radius 1 is 1.12 bits per heavy atom. The van der Waals surface area contributed by atoms with Crippen molar-refractivity contribution < 1.29 is 9.69 Å². The molecule has 1 amide bonds. The van der Waals surface area contributed by atoms with E-state index in [1.54, 1.807) is 6.21 Å². The van der Waals surface area contributed by atoms with Gasteiger partial charge in [-0.2, -0.15) is 5.10 Å². The Morgan fingerprint density at radius 3 is 2.50 bits per heavy atom. The smallest absolute Gasteiger partial charge is 0.245 e. The van der Waals surface area contributed by atoms with Gasteiger partial charge in [-0.3, -0.25) is 4.79 Å². The highest BCUT2D eigenvalue weighted by molar-refractivity contribution is 9.10. The van der Waals surface area contributed by atoms with Gasteiger partial charge in [0.1, 0.15) is 0 Å². The fourth-order valence-electron chi connectivity index (χ4n) is 3.04. The van der Waals surface area contributed by atoms with E-state index in [9.17, 15) is 4.79 Å². The first-order chi connectivity index (χ1) is 12.7. The number of hydrogen-bond donors (Lipinski definition) is 2. The monoisotopic (exact) mass is 415 g/mol. The number of hydrazone groups is 1. The zero-order valence-electron chi connectivity index (χ0n) is 14.7. The van der Waals surface area contributed by atoms with E-state index >= 15 is 0 Å². The number of quaternary nitrogens is 1. The van der Waals surface area contributed by atoms with E-state index in [-0.39, 0.29) is 5.91 Å². The fourth-order valence-corrected chi connectivity index (χ4v) is 3.31. The number of halogens is 1. The van der Waals surface area contributed by atoms with Crippen molar-refractivity contribution in [2.75, 3.05) is 37.6 Å². The highest BCUT2D eigenvalue weighted by Gasteiger charge is 2.20. The van der Waals surface area contributed by atoms with Crippen LogP contribution in [-0.2, 0) is 4.79 Å². The lowest BCUT2D eigenvalue weighted by molar-refractivity contribution is -0.900. The second-order valence-corrected chi connectivity index (χ2v) is 7.33. The van der Waals surface area contributed by atoms with E-state index < -0.39 is 0 Å². The molecule has 1 heterocycles. The number of carbonyl (C=O) groups is 1. The SMILES string of the molecule is O=C(CC[NH+]1CCN(c2ccccc2)CC1)N/N=C\c1ccc(Br)cc1. The Morgan fingerprint density at radius 2 is 1.81 bits per heavy atom. The van der Waals surface area contributed by atoms with Crippen LogP contribution in [0.3, 0.4) is 0 Å². The van der Waals surface area contributed by atoms with E-state index in [0.29, 0.717) is 6.42 Å². The van der Waals surface area contributed by atoms with E-state index in [4.69, 9.17) is 0 Å². The van der Waals surface area contributed by atoms with Crippen molar-refractivity contribution in [3.05, 3.63) is 64.6 Å². The number of benzene rings is 2. The zero-order chi connectivity index (χ0) is 18.2. The Bertz CT molecular complexity index is 725. The van der Waals surface area contributed by atoms with Crippen molar-refractivity contribution in [2.24, 2.45) is 5.10 Å². The number of hydrogen-bond acceptors (Lipinski definition) is 3. The molecule has 6 heteroatoms. The lowest BCUT2D eigenvalue weighted by Gasteiger charge is -2.33. The summed E-state index contributed by atoms with van der Waals surface area (Å²) in [5, 5.41) is 4.03. The highest BCUT2D eigenvalue weighted by Crippen LogP contribution is 2.12. The molecule has 1 fully saturated rings. The minimum absolute atomic E-state index is 0.0312. The van der Waals surface area contributed by atoms with E-state index in [0.717, 1.165) is 42.8 Å². The van der Waals surface area contributed by atoms with Crippen LogP contribution in [-0.4, -0.2) is 44.8 Å². The van der Waals surface area contributed by atoms with Crippen molar-refractivity contribution in [3.63, 3.8) is 0 Å². The van der Waals surface area contributed by atoms with Gasteiger partial charge in [-0.15, -0.1) is 0 Å². The fraction of sp³-hybridized carbons (Fsp3) is 0.300. The molecule has 1 aliphatic rings. The zero-order valence-corrected chi connectivity index (χ0v) is 16.3. The van der Waals surface area contributed by atoms with Crippen LogP contribution in [0.1, 0.15) is 12.0 Å². The molecule has 2 aromatic carbocycles. The second-order valence-electron chi connectivity index (χ2n) is 6.42. The van der Waals surface area contributed by atoms with Gasteiger partial charge in [-0.05, 0) is 29.8 Å². The van der Waals surface area contributed by atoms with Crippen LogP contribution in [0, 0.1) is 0 Å². The standard InChI is InChI=1S/C20H23BrN4O/c21-18-8-6-17(7-9-18)16-22-23-20(26)10-11-24-12-14-25(15-13-24)19-4-2-1-3-5-19/h1-9,16H,10-15H2,(H,23,26)/p+1/b22-16-. The van der Waals surface area contributed by atoms with E-state index in [1.807, 2.05) is 30.3 Å². The van der Waals surface area contributed by atoms with E-state index in [1.165, 1.54) is 10.6 Å². The van der Waals surface area contributed by atoms with Crippen LogP contribution in [0.5, 0.6) is 0 Å². The molecule has 136 valence electrons. The maximum atomic E-state index is 12.0. The maximum absolute atomic E-state index is 12.0. The number of nitrogens with zero attached hydrogens (tertiary/aromatic N) is 2. The summed E-state index contributed by atoms with van der Waals surface area (Å²) in [4.78, 5) is 15.8. The molecule has 0 radical (unpaired) electrons. The molecule has 3 rings (SSSR count). The first kappa shape index (κ1) is 18.6. The van der Waals surface area contributed by atoms with Gasteiger partial charge in [-0.25, -0.2) is 5.43 Å². The van der Waals surface area contributed by atoms with E-state index in [2.05, 4.69) is 55.6 Å². The molecule has 0 unspecified atom stereocenters. The average Bonchev–Trinajstić information content (AvgIpc) is 2.69. The van der Waals surface area contributed by atoms with Crippen LogP contribution in [0.25, 0.3) is 0 Å². The molecule has 1 aliphatic heterocycles. The molecule has 0 saturated carbocycles. The third kappa shape index (κ3) is 5.68. The number of nitrogens with one attached hydrogen (secondary N) is 2. The summed E-state index contributed by atoms with van der Waals surface area (Å²) < 4.78 is 1.02. The second kappa shape index (κ2) is 9.50. The van der Waals surface area contributed by atoms with Crippen molar-refractivity contribution in [1.29, 1.82) is 0 Å². The Labute approximate surface area is 162 Å². The molecule has 2 N–H and O–H groups in total. The molecule has 5 nitrogen and oxygen atoms in total. The number of para-hydroxylation sites is 1. The third-order valence-electron chi connectivity index (χ3n) is 4.57. The van der Waals surface area contributed by atoms with Gasteiger partial charge in [0.05, 0.1) is 45.4 Å². The molecule has 26 heavy (non-hydrogen) atoms. The molecule has 2 aromatic rings. The molecule has 1 saturated heterocycles. The first-order valence-corrected chi connectivity index (χ1v) is 9.71. The molecule has 0 aromatic heterocycles. The Kier molecular flexibility index (Phi) is 6.80. The molecular weight excluding hydrogens is 392 g/mol. The van der Waals surface area contributed by atoms with Crippen molar-refractivity contribution >= 4 is 33.7 Å². The predicted molar refractivity (Wildman–Crippen MR) is 109 cm³/mol. The van der Waals surface area contributed by atoms with Gasteiger partial charge >= 0.3 is 0 Å². The van der Waals surface area contributed by atoms with Crippen LogP contribution in [0.15, 0.2) is 64.2 Å². The third-order valence-corrected chi connectivity index (χ3v) is 5.10. The van der Waals surface area contributed by atoms with Crippen LogP contribution >= 0.6 is 15.9 Å². The van der Waals surface area contributed by atoms with Gasteiger partial charge in [-0.1, -0.05) is 46.3 Å². The normalized spacial score (nSPS) is 15.3. The number of piperazine rings is 1. The summed E-state index contributed by atoms with van der Waals surface area (Å²) in [6.45, 7) is 5.03. The number of carbonyl (C=O) groups excluding carboxylic acids is 1. The van der Waals surface area contributed by atoms with Crippen molar-refractivity contribution in [3.8, 4) is 0 Å².